The first kappa shape index (κ1) is 12.4. The van der Waals surface area contributed by atoms with Gasteiger partial charge >= 0.3 is 11.9 Å². The molecule has 0 aliphatic heterocycles. The first-order valence-electron chi connectivity index (χ1n) is 4.26. The van der Waals surface area contributed by atoms with Gasteiger partial charge in [0, 0.05) is 13.5 Å². The number of carbonyl (C=O) groups is 2. The predicted molar refractivity (Wildman–Crippen MR) is 50.6 cm³/mol. The second-order valence-electron chi connectivity index (χ2n) is 2.84. The maximum absolute atomic E-state index is 11.0. The van der Waals surface area contributed by atoms with Crippen LogP contribution >= 0.6 is 0 Å². The van der Waals surface area contributed by atoms with Gasteiger partial charge in [0.15, 0.2) is 5.96 Å². The Morgan fingerprint density at radius 1 is 1.43 bits per heavy atom. The van der Waals surface area contributed by atoms with Gasteiger partial charge in [0.25, 0.3) is 0 Å². The zero-order valence-electron chi connectivity index (χ0n) is 8.37. The summed E-state index contributed by atoms with van der Waals surface area (Å²) in [6, 6.07) is 0. The number of likely N-dealkylation sites (N-methyl/N-ethyl adjacent to an activating group) is 1. The maximum Gasteiger partial charge on any atom is 0.333 e. The number of nitrogens with zero attached hydrogens (tertiary/aromatic N) is 1. The van der Waals surface area contributed by atoms with Gasteiger partial charge in [-0.2, -0.15) is 0 Å². The Morgan fingerprint density at radius 2 is 2.00 bits per heavy atom. The van der Waals surface area contributed by atoms with Crippen molar-refractivity contribution in [3.63, 3.8) is 0 Å². The zero-order valence-corrected chi connectivity index (χ0v) is 8.37. The summed E-state index contributed by atoms with van der Waals surface area (Å²) in [6.45, 7) is 1.62. The molecule has 0 rings (SSSR count). The van der Waals surface area contributed by atoms with Crippen molar-refractivity contribution in [1.29, 1.82) is 5.41 Å². The van der Waals surface area contributed by atoms with Crippen LogP contribution in [-0.4, -0.2) is 36.4 Å². The second kappa shape index (κ2) is 5.95. The van der Waals surface area contributed by atoms with Crippen molar-refractivity contribution in [3.8, 4) is 0 Å². The summed E-state index contributed by atoms with van der Waals surface area (Å²) in [5.41, 5.74) is 5.09. The van der Waals surface area contributed by atoms with E-state index in [9.17, 15) is 9.59 Å². The van der Waals surface area contributed by atoms with E-state index < -0.39 is 11.9 Å². The van der Waals surface area contributed by atoms with Gasteiger partial charge < -0.3 is 15.4 Å². The van der Waals surface area contributed by atoms with E-state index in [2.05, 4.69) is 4.74 Å². The van der Waals surface area contributed by atoms with Gasteiger partial charge in [-0.3, -0.25) is 10.2 Å². The van der Waals surface area contributed by atoms with E-state index in [4.69, 9.17) is 11.1 Å². The third-order valence-corrected chi connectivity index (χ3v) is 1.46. The molecule has 6 heteroatoms. The van der Waals surface area contributed by atoms with E-state index in [-0.39, 0.29) is 18.9 Å². The third kappa shape index (κ3) is 5.13. The Hall–Kier alpha value is -1.59. The molecule has 0 aromatic heterocycles. The highest BCUT2D eigenvalue weighted by molar-refractivity contribution is 5.88. The smallest absolute Gasteiger partial charge is 0.333 e. The SMILES string of the molecule is CCCC(=O)OC(=O)CN(C)C(=N)N. The largest absolute Gasteiger partial charge is 0.392 e. The van der Waals surface area contributed by atoms with Crippen LogP contribution < -0.4 is 5.73 Å². The summed E-state index contributed by atoms with van der Waals surface area (Å²) in [4.78, 5) is 23.0. The highest BCUT2D eigenvalue weighted by Crippen LogP contribution is 1.93. The van der Waals surface area contributed by atoms with Gasteiger partial charge in [-0.25, -0.2) is 4.79 Å². The lowest BCUT2D eigenvalue weighted by Gasteiger charge is -2.14. The molecule has 3 N–H and O–H groups in total. The van der Waals surface area contributed by atoms with Crippen LogP contribution in [0.2, 0.25) is 0 Å². The minimum Gasteiger partial charge on any atom is -0.392 e. The van der Waals surface area contributed by atoms with E-state index >= 15 is 0 Å². The van der Waals surface area contributed by atoms with Crippen molar-refractivity contribution in [2.45, 2.75) is 19.8 Å². The molecule has 0 aromatic rings. The molecule has 0 heterocycles. The van der Waals surface area contributed by atoms with Crippen LogP contribution in [0.5, 0.6) is 0 Å². The van der Waals surface area contributed by atoms with Crippen molar-refractivity contribution in [1.82, 2.24) is 4.90 Å². The van der Waals surface area contributed by atoms with Crippen molar-refractivity contribution in [2.75, 3.05) is 13.6 Å². The number of esters is 2. The summed E-state index contributed by atoms with van der Waals surface area (Å²) in [6.07, 6.45) is 0.851. The standard InChI is InChI=1S/C8H15N3O3/c1-3-4-6(12)14-7(13)5-11(2)8(9)10/h3-5H2,1-2H3,(H3,9,10). The molecule has 0 saturated carbocycles. The summed E-state index contributed by atoms with van der Waals surface area (Å²) in [5, 5.41) is 6.97. The Morgan fingerprint density at radius 3 is 2.43 bits per heavy atom. The second-order valence-corrected chi connectivity index (χ2v) is 2.84. The van der Waals surface area contributed by atoms with E-state index in [1.54, 1.807) is 0 Å². The minimum absolute atomic E-state index is 0.190. The van der Waals surface area contributed by atoms with Gasteiger partial charge in [-0.1, -0.05) is 6.92 Å². The third-order valence-electron chi connectivity index (χ3n) is 1.46. The van der Waals surface area contributed by atoms with Crippen molar-refractivity contribution < 1.29 is 14.3 Å². The monoisotopic (exact) mass is 201 g/mol. The molecule has 0 radical (unpaired) electrons. The van der Waals surface area contributed by atoms with Crippen molar-refractivity contribution in [3.05, 3.63) is 0 Å². The number of nitrogens with two attached hydrogens (primary N) is 1. The molecule has 0 atom stereocenters. The number of hydrogen-bond acceptors (Lipinski definition) is 4. The Balaban J connectivity index is 3.86. The van der Waals surface area contributed by atoms with Crippen molar-refractivity contribution >= 4 is 17.9 Å². The minimum atomic E-state index is -0.693. The summed E-state index contributed by atoms with van der Waals surface area (Å²) >= 11 is 0. The first-order chi connectivity index (χ1) is 6.47. The lowest BCUT2D eigenvalue weighted by molar-refractivity contribution is -0.159. The fourth-order valence-electron chi connectivity index (χ4n) is 0.693. The van der Waals surface area contributed by atoms with E-state index in [1.165, 1.54) is 11.9 Å². The summed E-state index contributed by atoms with van der Waals surface area (Å²) < 4.78 is 4.44. The van der Waals surface area contributed by atoms with Crippen LogP contribution in [0.4, 0.5) is 0 Å². The fraction of sp³-hybridized carbons (Fsp3) is 0.625. The molecule has 0 aliphatic carbocycles. The molecule has 0 fully saturated rings. The molecule has 0 aromatic carbocycles. The van der Waals surface area contributed by atoms with Crippen LogP contribution in [0.3, 0.4) is 0 Å². The van der Waals surface area contributed by atoms with Gasteiger partial charge in [0.2, 0.25) is 0 Å². The van der Waals surface area contributed by atoms with Crippen molar-refractivity contribution in [2.24, 2.45) is 5.73 Å². The number of hydrogen-bond donors (Lipinski definition) is 2. The van der Waals surface area contributed by atoms with E-state index in [0.29, 0.717) is 6.42 Å². The molecule has 0 saturated heterocycles. The average Bonchev–Trinajstić information content (AvgIpc) is 2.03. The number of guanidine groups is 1. The van der Waals surface area contributed by atoms with Crippen LogP contribution in [0.1, 0.15) is 19.8 Å². The molecule has 0 unspecified atom stereocenters. The highest BCUT2D eigenvalue weighted by Gasteiger charge is 2.12. The molecule has 0 amide bonds. The molecule has 14 heavy (non-hydrogen) atoms. The Kier molecular flexibility index (Phi) is 5.28. The van der Waals surface area contributed by atoms with E-state index in [0.717, 1.165) is 0 Å². The number of carbonyl (C=O) groups excluding carboxylic acids is 2. The highest BCUT2D eigenvalue weighted by atomic mass is 16.6. The Labute approximate surface area is 82.5 Å². The molecule has 80 valence electrons. The van der Waals surface area contributed by atoms with E-state index in [1.807, 2.05) is 6.92 Å². The fourth-order valence-corrected chi connectivity index (χ4v) is 0.693. The van der Waals surface area contributed by atoms with Crippen LogP contribution in [0, 0.1) is 5.41 Å². The maximum atomic E-state index is 11.0. The van der Waals surface area contributed by atoms with Gasteiger partial charge in [0.05, 0.1) is 0 Å². The number of ether oxygens (including phenoxy) is 1. The van der Waals surface area contributed by atoms with Gasteiger partial charge in [-0.15, -0.1) is 0 Å². The van der Waals surface area contributed by atoms with Crippen LogP contribution in [0.25, 0.3) is 0 Å². The quantitative estimate of drug-likeness (QED) is 0.281. The molecular formula is C8H15N3O3. The average molecular weight is 201 g/mol. The normalized spacial score (nSPS) is 9.29. The topological polar surface area (TPSA) is 96.5 Å². The summed E-state index contributed by atoms with van der Waals surface area (Å²) in [5.74, 6) is -1.49. The predicted octanol–water partition coefficient (Wildman–Crippen LogP) is -0.318. The van der Waals surface area contributed by atoms with Gasteiger partial charge in [0.1, 0.15) is 6.54 Å². The molecular weight excluding hydrogens is 186 g/mol. The Bertz CT molecular complexity index is 240. The molecule has 0 aliphatic rings. The lowest BCUT2D eigenvalue weighted by Crippen LogP contribution is -2.37. The lowest BCUT2D eigenvalue weighted by atomic mass is 10.3. The van der Waals surface area contributed by atoms with Gasteiger partial charge in [-0.05, 0) is 6.42 Å². The first-order valence-corrected chi connectivity index (χ1v) is 4.26. The molecule has 0 spiro atoms. The number of rotatable bonds is 4. The summed E-state index contributed by atoms with van der Waals surface area (Å²) in [7, 11) is 1.47. The van der Waals surface area contributed by atoms with Crippen LogP contribution in [0.15, 0.2) is 0 Å². The van der Waals surface area contributed by atoms with Crippen LogP contribution in [-0.2, 0) is 14.3 Å². The zero-order chi connectivity index (χ0) is 11.1. The number of nitrogens with one attached hydrogen (secondary N) is 1. The molecule has 0 bridgehead atoms. The molecule has 6 nitrogen and oxygen atoms in total.